The van der Waals surface area contributed by atoms with E-state index in [-0.39, 0.29) is 18.5 Å². The Morgan fingerprint density at radius 2 is 1.96 bits per heavy atom. The van der Waals surface area contributed by atoms with Gasteiger partial charge in [0, 0.05) is 17.6 Å². The molecule has 2 saturated heterocycles. The summed E-state index contributed by atoms with van der Waals surface area (Å²) >= 11 is 5.89. The van der Waals surface area contributed by atoms with Crippen molar-refractivity contribution in [3.63, 3.8) is 0 Å². The van der Waals surface area contributed by atoms with Crippen molar-refractivity contribution >= 4 is 29.4 Å². The molecule has 1 aromatic rings. The van der Waals surface area contributed by atoms with E-state index in [1.165, 1.54) is 0 Å². The van der Waals surface area contributed by atoms with E-state index in [1.54, 1.807) is 36.1 Å². The van der Waals surface area contributed by atoms with Crippen LogP contribution in [0.4, 0.5) is 4.79 Å². The number of rotatable bonds is 3. The van der Waals surface area contributed by atoms with Crippen LogP contribution in [0.3, 0.4) is 0 Å². The summed E-state index contributed by atoms with van der Waals surface area (Å²) in [5.74, 6) is -0.603. The number of imide groups is 1. The average molecular weight is 364 g/mol. The van der Waals surface area contributed by atoms with Crippen LogP contribution in [-0.2, 0) is 15.1 Å². The number of nitrogens with zero attached hydrogens (tertiary/aromatic N) is 2. The SMILES string of the molecule is C[C@H]1CCCCN1C(=O)CN1C(=O)N[C@](C)(c2ccc(Cl)cc2)C1=O. The molecular formula is C18H22ClN3O3. The largest absolute Gasteiger partial charge is 0.338 e. The first-order valence-electron chi connectivity index (χ1n) is 8.52. The van der Waals surface area contributed by atoms with Crippen molar-refractivity contribution in [2.24, 2.45) is 0 Å². The fraction of sp³-hybridized carbons (Fsp3) is 0.500. The van der Waals surface area contributed by atoms with Gasteiger partial charge in [-0.05, 0) is 50.8 Å². The molecule has 1 aromatic carbocycles. The van der Waals surface area contributed by atoms with Gasteiger partial charge < -0.3 is 10.2 Å². The number of carbonyl (C=O) groups excluding carboxylic acids is 3. The predicted octanol–water partition coefficient (Wildman–Crippen LogP) is 2.51. The van der Waals surface area contributed by atoms with Crippen molar-refractivity contribution in [1.29, 1.82) is 0 Å². The van der Waals surface area contributed by atoms with Gasteiger partial charge in [0.05, 0.1) is 0 Å². The third kappa shape index (κ3) is 3.23. The second kappa shape index (κ2) is 6.67. The Morgan fingerprint density at radius 3 is 2.60 bits per heavy atom. The highest BCUT2D eigenvalue weighted by Gasteiger charge is 2.49. The van der Waals surface area contributed by atoms with Gasteiger partial charge in [0.25, 0.3) is 5.91 Å². The van der Waals surface area contributed by atoms with Crippen LogP contribution in [0.15, 0.2) is 24.3 Å². The first-order chi connectivity index (χ1) is 11.8. The number of hydrogen-bond acceptors (Lipinski definition) is 3. The fourth-order valence-corrected chi connectivity index (χ4v) is 3.64. The number of amides is 4. The van der Waals surface area contributed by atoms with E-state index in [0.717, 1.165) is 24.2 Å². The summed E-state index contributed by atoms with van der Waals surface area (Å²) in [6, 6.07) is 6.36. The number of benzene rings is 1. The van der Waals surface area contributed by atoms with E-state index < -0.39 is 17.5 Å². The highest BCUT2D eigenvalue weighted by molar-refractivity contribution is 6.30. The second-order valence-electron chi connectivity index (χ2n) is 6.89. The molecule has 4 amide bonds. The Bertz CT molecular complexity index is 706. The smallest absolute Gasteiger partial charge is 0.325 e. The summed E-state index contributed by atoms with van der Waals surface area (Å²) in [6.07, 6.45) is 3.01. The third-order valence-electron chi connectivity index (χ3n) is 5.11. The first-order valence-corrected chi connectivity index (χ1v) is 8.90. The van der Waals surface area contributed by atoms with E-state index in [1.807, 2.05) is 6.92 Å². The number of likely N-dealkylation sites (tertiary alicyclic amines) is 1. The molecule has 2 aliphatic heterocycles. The van der Waals surface area contributed by atoms with E-state index in [2.05, 4.69) is 5.32 Å². The molecule has 2 heterocycles. The van der Waals surface area contributed by atoms with Crippen LogP contribution in [0.1, 0.15) is 38.7 Å². The Morgan fingerprint density at radius 1 is 1.28 bits per heavy atom. The molecule has 134 valence electrons. The van der Waals surface area contributed by atoms with Crippen LogP contribution in [0.2, 0.25) is 5.02 Å². The number of carbonyl (C=O) groups is 3. The minimum Gasteiger partial charge on any atom is -0.338 e. The molecule has 0 radical (unpaired) electrons. The molecule has 3 rings (SSSR count). The van der Waals surface area contributed by atoms with Gasteiger partial charge in [-0.25, -0.2) is 4.79 Å². The van der Waals surface area contributed by atoms with E-state index in [4.69, 9.17) is 11.6 Å². The van der Waals surface area contributed by atoms with Gasteiger partial charge >= 0.3 is 6.03 Å². The van der Waals surface area contributed by atoms with Crippen molar-refractivity contribution in [1.82, 2.24) is 15.1 Å². The monoisotopic (exact) mass is 363 g/mol. The maximum atomic E-state index is 12.9. The lowest BCUT2D eigenvalue weighted by Gasteiger charge is -2.34. The number of hydrogen-bond donors (Lipinski definition) is 1. The molecule has 7 heteroatoms. The summed E-state index contributed by atoms with van der Waals surface area (Å²) in [5.41, 5.74) is -0.549. The first kappa shape index (κ1) is 17.7. The molecular weight excluding hydrogens is 342 g/mol. The average Bonchev–Trinajstić information content (AvgIpc) is 2.80. The Hall–Kier alpha value is -2.08. The quantitative estimate of drug-likeness (QED) is 0.839. The van der Waals surface area contributed by atoms with Gasteiger partial charge in [0.2, 0.25) is 5.91 Å². The van der Waals surface area contributed by atoms with Crippen LogP contribution in [0, 0.1) is 0 Å². The maximum absolute atomic E-state index is 12.9. The molecule has 2 atom stereocenters. The van der Waals surface area contributed by atoms with Crippen LogP contribution >= 0.6 is 11.6 Å². The van der Waals surface area contributed by atoms with Gasteiger partial charge in [-0.15, -0.1) is 0 Å². The third-order valence-corrected chi connectivity index (χ3v) is 5.37. The van der Waals surface area contributed by atoms with Gasteiger partial charge in [-0.2, -0.15) is 0 Å². The van der Waals surface area contributed by atoms with Crippen LogP contribution in [-0.4, -0.2) is 46.8 Å². The lowest BCUT2D eigenvalue weighted by Crippen LogP contribution is -2.48. The van der Waals surface area contributed by atoms with Crippen LogP contribution < -0.4 is 5.32 Å². The number of piperidine rings is 1. The molecule has 0 aliphatic carbocycles. The molecule has 2 aliphatic rings. The molecule has 0 bridgehead atoms. The van der Waals surface area contributed by atoms with Crippen molar-refractivity contribution in [3.05, 3.63) is 34.9 Å². The Kier molecular flexibility index (Phi) is 4.73. The highest BCUT2D eigenvalue weighted by Crippen LogP contribution is 2.30. The summed E-state index contributed by atoms with van der Waals surface area (Å²) < 4.78 is 0. The summed E-state index contributed by atoms with van der Waals surface area (Å²) in [4.78, 5) is 40.6. The van der Waals surface area contributed by atoms with E-state index in [0.29, 0.717) is 17.1 Å². The standard InChI is InChI=1S/C18H22ClN3O3/c1-12-5-3-4-10-21(12)15(23)11-22-16(24)18(2,20-17(22)25)13-6-8-14(19)9-7-13/h6-9,12H,3-5,10-11H2,1-2H3,(H,20,25)/t12-,18+/m0/s1. The maximum Gasteiger partial charge on any atom is 0.325 e. The minimum absolute atomic E-state index is 0.143. The van der Waals surface area contributed by atoms with Crippen LogP contribution in [0.5, 0.6) is 0 Å². The Labute approximate surface area is 152 Å². The van der Waals surface area contributed by atoms with E-state index in [9.17, 15) is 14.4 Å². The lowest BCUT2D eigenvalue weighted by atomic mass is 9.92. The number of urea groups is 1. The molecule has 1 N–H and O–H groups in total. The summed E-state index contributed by atoms with van der Waals surface area (Å²) in [7, 11) is 0. The second-order valence-corrected chi connectivity index (χ2v) is 7.32. The number of halogens is 1. The number of nitrogens with one attached hydrogen (secondary N) is 1. The van der Waals surface area contributed by atoms with Gasteiger partial charge in [0.15, 0.2) is 0 Å². The summed E-state index contributed by atoms with van der Waals surface area (Å²) in [5, 5.41) is 3.26. The van der Waals surface area contributed by atoms with Crippen LogP contribution in [0.25, 0.3) is 0 Å². The summed E-state index contributed by atoms with van der Waals surface area (Å²) in [6.45, 7) is 4.10. The van der Waals surface area contributed by atoms with Gasteiger partial charge in [-0.1, -0.05) is 23.7 Å². The fourth-order valence-electron chi connectivity index (χ4n) is 3.51. The highest BCUT2D eigenvalue weighted by atomic mass is 35.5. The minimum atomic E-state index is -1.19. The molecule has 0 saturated carbocycles. The molecule has 0 spiro atoms. The van der Waals surface area contributed by atoms with Crippen molar-refractivity contribution in [2.45, 2.75) is 44.7 Å². The van der Waals surface area contributed by atoms with Crippen molar-refractivity contribution < 1.29 is 14.4 Å². The van der Waals surface area contributed by atoms with Gasteiger partial charge in [-0.3, -0.25) is 14.5 Å². The molecule has 0 unspecified atom stereocenters. The molecule has 6 nitrogen and oxygen atoms in total. The molecule has 25 heavy (non-hydrogen) atoms. The van der Waals surface area contributed by atoms with Gasteiger partial charge in [0.1, 0.15) is 12.1 Å². The zero-order valence-corrected chi connectivity index (χ0v) is 15.2. The molecule has 2 fully saturated rings. The van der Waals surface area contributed by atoms with Crippen molar-refractivity contribution in [2.75, 3.05) is 13.1 Å². The predicted molar refractivity (Wildman–Crippen MR) is 94.1 cm³/mol. The zero-order chi connectivity index (χ0) is 18.2. The normalized spacial score (nSPS) is 26.8. The van der Waals surface area contributed by atoms with Crippen molar-refractivity contribution in [3.8, 4) is 0 Å². The van der Waals surface area contributed by atoms with E-state index >= 15 is 0 Å². The molecule has 0 aromatic heterocycles. The Balaban J connectivity index is 1.77. The zero-order valence-electron chi connectivity index (χ0n) is 14.4. The lowest BCUT2D eigenvalue weighted by molar-refractivity contribution is -0.140. The topological polar surface area (TPSA) is 69.7 Å².